The van der Waals surface area contributed by atoms with Gasteiger partial charge in [0.05, 0.1) is 0 Å². The van der Waals surface area contributed by atoms with Crippen LogP contribution in [0.5, 0.6) is 0 Å². The zero-order valence-electron chi connectivity index (χ0n) is 12.3. The van der Waals surface area contributed by atoms with Crippen molar-refractivity contribution in [3.05, 3.63) is 65.7 Å². The SMILES string of the molecule is CCCN(CCc1ccccc1N)Cc1ccccc1. The first-order valence-corrected chi connectivity index (χ1v) is 7.39. The van der Waals surface area contributed by atoms with E-state index in [0.29, 0.717) is 0 Å². The largest absolute Gasteiger partial charge is 0.399 e. The lowest BCUT2D eigenvalue weighted by molar-refractivity contribution is 0.269. The first kappa shape index (κ1) is 14.6. The summed E-state index contributed by atoms with van der Waals surface area (Å²) in [6, 6.07) is 18.8. The molecule has 0 radical (unpaired) electrons. The van der Waals surface area contributed by atoms with Gasteiger partial charge in [-0.3, -0.25) is 4.90 Å². The van der Waals surface area contributed by atoms with Gasteiger partial charge in [-0.1, -0.05) is 55.5 Å². The molecule has 0 aliphatic rings. The van der Waals surface area contributed by atoms with Crippen molar-refractivity contribution >= 4 is 5.69 Å². The molecule has 20 heavy (non-hydrogen) atoms. The van der Waals surface area contributed by atoms with Crippen molar-refractivity contribution in [2.24, 2.45) is 0 Å². The van der Waals surface area contributed by atoms with E-state index in [0.717, 1.165) is 31.7 Å². The molecule has 0 atom stereocenters. The lowest BCUT2D eigenvalue weighted by Crippen LogP contribution is -2.26. The third-order valence-electron chi connectivity index (χ3n) is 3.54. The Kier molecular flexibility index (Phi) is 5.63. The van der Waals surface area contributed by atoms with Crippen molar-refractivity contribution in [1.82, 2.24) is 4.90 Å². The summed E-state index contributed by atoms with van der Waals surface area (Å²) >= 11 is 0. The highest BCUT2D eigenvalue weighted by atomic mass is 15.1. The lowest BCUT2D eigenvalue weighted by atomic mass is 10.1. The fraction of sp³-hybridized carbons (Fsp3) is 0.333. The number of nitrogen functional groups attached to an aromatic ring is 1. The highest BCUT2D eigenvalue weighted by Gasteiger charge is 2.06. The Balaban J connectivity index is 1.94. The van der Waals surface area contributed by atoms with Crippen molar-refractivity contribution in [2.75, 3.05) is 18.8 Å². The van der Waals surface area contributed by atoms with Gasteiger partial charge in [0.1, 0.15) is 0 Å². The number of para-hydroxylation sites is 1. The Hall–Kier alpha value is -1.80. The molecule has 0 unspecified atom stereocenters. The zero-order valence-corrected chi connectivity index (χ0v) is 12.3. The summed E-state index contributed by atoms with van der Waals surface area (Å²) in [6.45, 7) is 5.43. The van der Waals surface area contributed by atoms with Gasteiger partial charge in [-0.15, -0.1) is 0 Å². The molecule has 0 heterocycles. The van der Waals surface area contributed by atoms with Gasteiger partial charge in [-0.2, -0.15) is 0 Å². The molecule has 2 N–H and O–H groups in total. The fourth-order valence-electron chi connectivity index (χ4n) is 2.47. The molecule has 0 amide bonds. The summed E-state index contributed by atoms with van der Waals surface area (Å²) in [5, 5.41) is 0. The summed E-state index contributed by atoms with van der Waals surface area (Å²) in [5.41, 5.74) is 9.55. The van der Waals surface area contributed by atoms with E-state index >= 15 is 0 Å². The normalized spacial score (nSPS) is 10.9. The van der Waals surface area contributed by atoms with Gasteiger partial charge < -0.3 is 5.73 Å². The van der Waals surface area contributed by atoms with Crippen molar-refractivity contribution in [3.8, 4) is 0 Å². The van der Waals surface area contributed by atoms with Crippen LogP contribution in [0.3, 0.4) is 0 Å². The molecule has 0 aliphatic carbocycles. The molecular formula is C18H24N2. The highest BCUT2D eigenvalue weighted by molar-refractivity contribution is 5.46. The smallest absolute Gasteiger partial charge is 0.0347 e. The van der Waals surface area contributed by atoms with Crippen LogP contribution in [-0.2, 0) is 13.0 Å². The number of benzene rings is 2. The van der Waals surface area contributed by atoms with Crippen molar-refractivity contribution in [2.45, 2.75) is 26.3 Å². The molecule has 0 spiro atoms. The Morgan fingerprint density at radius 1 is 0.900 bits per heavy atom. The molecule has 2 aromatic rings. The Morgan fingerprint density at radius 2 is 1.60 bits per heavy atom. The lowest BCUT2D eigenvalue weighted by Gasteiger charge is -2.22. The van der Waals surface area contributed by atoms with Crippen LogP contribution in [0.25, 0.3) is 0 Å². The predicted molar refractivity (Wildman–Crippen MR) is 86.6 cm³/mol. The van der Waals surface area contributed by atoms with E-state index in [4.69, 9.17) is 5.73 Å². The standard InChI is InChI=1S/C18H24N2/c1-2-13-20(15-16-8-4-3-5-9-16)14-12-17-10-6-7-11-18(17)19/h3-11H,2,12-15,19H2,1H3. The summed E-state index contributed by atoms with van der Waals surface area (Å²) in [6.07, 6.45) is 2.19. The number of nitrogens with two attached hydrogens (primary N) is 1. The van der Waals surface area contributed by atoms with Crippen LogP contribution in [0.4, 0.5) is 5.69 Å². The third-order valence-corrected chi connectivity index (χ3v) is 3.54. The van der Waals surface area contributed by atoms with Gasteiger partial charge in [-0.25, -0.2) is 0 Å². The monoisotopic (exact) mass is 268 g/mol. The second-order valence-corrected chi connectivity index (χ2v) is 5.21. The van der Waals surface area contributed by atoms with E-state index in [-0.39, 0.29) is 0 Å². The van der Waals surface area contributed by atoms with Gasteiger partial charge in [0.15, 0.2) is 0 Å². The second-order valence-electron chi connectivity index (χ2n) is 5.21. The molecule has 2 nitrogen and oxygen atoms in total. The van der Waals surface area contributed by atoms with Crippen molar-refractivity contribution < 1.29 is 0 Å². The van der Waals surface area contributed by atoms with E-state index < -0.39 is 0 Å². The van der Waals surface area contributed by atoms with Crippen molar-refractivity contribution in [1.29, 1.82) is 0 Å². The molecule has 0 aromatic heterocycles. The quantitative estimate of drug-likeness (QED) is 0.775. The molecule has 0 aliphatic heterocycles. The summed E-state index contributed by atoms with van der Waals surface area (Å²) in [5.74, 6) is 0. The minimum Gasteiger partial charge on any atom is -0.399 e. The number of nitrogens with zero attached hydrogens (tertiary/aromatic N) is 1. The first-order chi connectivity index (χ1) is 9.79. The Bertz CT molecular complexity index is 508. The number of anilines is 1. The predicted octanol–water partition coefficient (Wildman–Crippen LogP) is 3.72. The van der Waals surface area contributed by atoms with E-state index in [1.807, 2.05) is 12.1 Å². The number of hydrogen-bond donors (Lipinski definition) is 1. The summed E-state index contributed by atoms with van der Waals surface area (Å²) < 4.78 is 0. The summed E-state index contributed by atoms with van der Waals surface area (Å²) in [7, 11) is 0. The van der Waals surface area contributed by atoms with Crippen LogP contribution in [0.1, 0.15) is 24.5 Å². The van der Waals surface area contributed by atoms with Gasteiger partial charge in [0.25, 0.3) is 0 Å². The second kappa shape index (κ2) is 7.71. The van der Waals surface area contributed by atoms with Gasteiger partial charge in [0, 0.05) is 18.8 Å². The molecular weight excluding hydrogens is 244 g/mol. The molecule has 106 valence electrons. The molecule has 0 bridgehead atoms. The van der Waals surface area contributed by atoms with E-state index in [2.05, 4.69) is 54.3 Å². The van der Waals surface area contributed by atoms with E-state index in [9.17, 15) is 0 Å². The van der Waals surface area contributed by atoms with Crippen LogP contribution in [0.15, 0.2) is 54.6 Å². The van der Waals surface area contributed by atoms with Crippen LogP contribution < -0.4 is 5.73 Å². The minimum absolute atomic E-state index is 0.906. The van der Waals surface area contributed by atoms with Crippen LogP contribution in [-0.4, -0.2) is 18.0 Å². The molecule has 0 fully saturated rings. The maximum Gasteiger partial charge on any atom is 0.0347 e. The van der Waals surface area contributed by atoms with Gasteiger partial charge in [-0.05, 0) is 36.6 Å². The Labute approximate surface area is 122 Å². The average Bonchev–Trinajstić information content (AvgIpc) is 2.47. The molecule has 0 saturated heterocycles. The third kappa shape index (κ3) is 4.39. The molecule has 2 aromatic carbocycles. The summed E-state index contributed by atoms with van der Waals surface area (Å²) in [4.78, 5) is 2.50. The molecule has 2 rings (SSSR count). The van der Waals surface area contributed by atoms with Gasteiger partial charge in [0.2, 0.25) is 0 Å². The van der Waals surface area contributed by atoms with E-state index in [1.54, 1.807) is 0 Å². The Morgan fingerprint density at radius 3 is 2.30 bits per heavy atom. The molecule has 2 heteroatoms. The number of hydrogen-bond acceptors (Lipinski definition) is 2. The van der Waals surface area contributed by atoms with Gasteiger partial charge >= 0.3 is 0 Å². The zero-order chi connectivity index (χ0) is 14.2. The average molecular weight is 268 g/mol. The van der Waals surface area contributed by atoms with Crippen LogP contribution >= 0.6 is 0 Å². The first-order valence-electron chi connectivity index (χ1n) is 7.39. The van der Waals surface area contributed by atoms with Crippen molar-refractivity contribution in [3.63, 3.8) is 0 Å². The maximum absolute atomic E-state index is 6.01. The van der Waals surface area contributed by atoms with Crippen LogP contribution in [0.2, 0.25) is 0 Å². The molecule has 0 saturated carbocycles. The number of rotatable bonds is 7. The topological polar surface area (TPSA) is 29.3 Å². The van der Waals surface area contributed by atoms with E-state index in [1.165, 1.54) is 17.5 Å². The minimum atomic E-state index is 0.906. The fourth-order valence-corrected chi connectivity index (χ4v) is 2.47. The highest BCUT2D eigenvalue weighted by Crippen LogP contribution is 2.13. The maximum atomic E-state index is 6.01. The van der Waals surface area contributed by atoms with Crippen LogP contribution in [0, 0.1) is 0 Å².